The molecule has 9 aromatic carbocycles. The van der Waals surface area contributed by atoms with Crippen LogP contribution in [0.5, 0.6) is 0 Å². The summed E-state index contributed by atoms with van der Waals surface area (Å²) in [6.07, 6.45) is 0. The monoisotopic (exact) mass is 868 g/mol. The summed E-state index contributed by atoms with van der Waals surface area (Å²) >= 11 is -3.45. The number of para-hydroxylation sites is 1. The molecule has 0 radical (unpaired) electrons. The van der Waals surface area contributed by atoms with Crippen LogP contribution in [-0.4, -0.2) is 32.8 Å². The summed E-state index contributed by atoms with van der Waals surface area (Å²) in [6.45, 7) is 2.16. The molecule has 0 spiro atoms. The summed E-state index contributed by atoms with van der Waals surface area (Å²) in [5.41, 5.74) is 9.47. The van der Waals surface area contributed by atoms with Gasteiger partial charge in [-0.1, -0.05) is 48.0 Å². The number of nitrogens with zero attached hydrogens (tertiary/aromatic N) is 4. The van der Waals surface area contributed by atoms with Gasteiger partial charge in [0.2, 0.25) is 0 Å². The third kappa shape index (κ3) is 6.86. The second-order valence-corrected chi connectivity index (χ2v) is 24.1. The molecule has 0 bridgehead atoms. The van der Waals surface area contributed by atoms with E-state index < -0.39 is 13.3 Å². The molecule has 4 nitrogen and oxygen atoms in total. The Labute approximate surface area is 370 Å². The van der Waals surface area contributed by atoms with Gasteiger partial charge in [-0.25, -0.2) is 0 Å². The standard InChI is InChI=1S/C58H42GeN4/c1-41-31-37-54-51(39-41)50-29-17-18-30-53(50)63(54)55-38-34-45(40-52(55)58-61-56(43-19-7-2-8-20-43)60-57(62-58)44-21-9-3-10-22-44)42-32-35-49(36-33-42)59(46-23-11-4-12-24-46,47-25-13-5-14-26-47)48-27-15-6-16-28-48/h2-40H,1H3. The third-order valence-corrected chi connectivity index (χ3v) is 22.3. The van der Waals surface area contributed by atoms with Gasteiger partial charge in [0.05, 0.1) is 0 Å². The molecule has 0 unspecified atom stereocenters. The van der Waals surface area contributed by atoms with Gasteiger partial charge >= 0.3 is 317 Å². The maximum atomic E-state index is 5.30. The molecule has 0 fully saturated rings. The zero-order valence-electron chi connectivity index (χ0n) is 34.8. The molecule has 0 saturated heterocycles. The topological polar surface area (TPSA) is 43.6 Å². The first-order valence-corrected chi connectivity index (χ1v) is 25.6. The van der Waals surface area contributed by atoms with Gasteiger partial charge in [0, 0.05) is 0 Å². The Morgan fingerprint density at radius 1 is 0.333 bits per heavy atom. The quantitative estimate of drug-likeness (QED) is 0.136. The van der Waals surface area contributed by atoms with Crippen LogP contribution in [0.3, 0.4) is 0 Å². The van der Waals surface area contributed by atoms with E-state index in [9.17, 15) is 0 Å². The number of fused-ring (bicyclic) bond motifs is 3. The van der Waals surface area contributed by atoms with Gasteiger partial charge < -0.3 is 0 Å². The Kier molecular flexibility index (Phi) is 9.91. The van der Waals surface area contributed by atoms with Crippen LogP contribution >= 0.6 is 0 Å². The van der Waals surface area contributed by atoms with Crippen molar-refractivity contribution >= 4 is 52.7 Å². The predicted octanol–water partition coefficient (Wildman–Crippen LogP) is 11.3. The molecule has 0 amide bonds. The van der Waals surface area contributed by atoms with E-state index in [1.165, 1.54) is 33.9 Å². The maximum absolute atomic E-state index is 5.30. The van der Waals surface area contributed by atoms with Gasteiger partial charge in [0.25, 0.3) is 0 Å². The van der Waals surface area contributed by atoms with E-state index in [0.29, 0.717) is 17.5 Å². The molecule has 298 valence electrons. The van der Waals surface area contributed by atoms with E-state index >= 15 is 0 Å². The molecule has 0 aliphatic rings. The van der Waals surface area contributed by atoms with E-state index in [1.54, 1.807) is 0 Å². The molecular weight excluding hydrogens is 825 g/mol. The van der Waals surface area contributed by atoms with Crippen LogP contribution in [0, 0.1) is 6.92 Å². The van der Waals surface area contributed by atoms with Crippen molar-refractivity contribution in [1.29, 1.82) is 0 Å². The molecule has 11 rings (SSSR count). The molecule has 5 heteroatoms. The molecule has 63 heavy (non-hydrogen) atoms. The fourth-order valence-corrected chi connectivity index (χ4v) is 19.3. The first-order valence-electron chi connectivity index (χ1n) is 21.4. The van der Waals surface area contributed by atoms with E-state index in [-0.39, 0.29) is 0 Å². The Bertz CT molecular complexity index is 3220. The van der Waals surface area contributed by atoms with Gasteiger partial charge in [0.1, 0.15) is 0 Å². The second kappa shape index (κ2) is 16.3. The average molecular weight is 868 g/mol. The Balaban J connectivity index is 1.14. The number of rotatable bonds is 9. The summed E-state index contributed by atoms with van der Waals surface area (Å²) in [7, 11) is 0. The van der Waals surface area contributed by atoms with E-state index in [2.05, 4.69) is 212 Å². The van der Waals surface area contributed by atoms with Gasteiger partial charge in [0.15, 0.2) is 0 Å². The fourth-order valence-electron chi connectivity index (χ4n) is 9.34. The number of hydrogen-bond acceptors (Lipinski definition) is 3. The zero-order valence-corrected chi connectivity index (χ0v) is 36.9. The number of hydrogen-bond donors (Lipinski definition) is 0. The Morgan fingerprint density at radius 3 is 1.33 bits per heavy atom. The molecule has 0 N–H and O–H groups in total. The summed E-state index contributed by atoms with van der Waals surface area (Å²) in [6, 6.07) is 85.4. The molecule has 0 aliphatic carbocycles. The van der Waals surface area contributed by atoms with Crippen molar-refractivity contribution < 1.29 is 0 Å². The first kappa shape index (κ1) is 38.3. The summed E-state index contributed by atoms with van der Waals surface area (Å²) in [5, 5.41) is 2.42. The van der Waals surface area contributed by atoms with Crippen molar-refractivity contribution in [3.63, 3.8) is 0 Å². The van der Waals surface area contributed by atoms with Crippen molar-refractivity contribution in [3.8, 4) is 51.0 Å². The van der Waals surface area contributed by atoms with Gasteiger partial charge in [-0.2, -0.15) is 0 Å². The SMILES string of the molecule is Cc1ccc2c(c1)c1ccccc1n2-c1ccc(-c2cc[c]([Ge]([c]3ccccc3)([c]3ccccc3)[c]3ccccc3)cc2)cc1-c1nc(-c2ccccc2)nc(-c2ccccc2)n1. The Hall–Kier alpha value is -7.67. The third-order valence-electron chi connectivity index (χ3n) is 12.3. The first-order chi connectivity index (χ1) is 31.1. The number of aromatic nitrogens is 4. The van der Waals surface area contributed by atoms with Crippen LogP contribution in [0.25, 0.3) is 72.8 Å². The van der Waals surface area contributed by atoms with Crippen molar-refractivity contribution in [2.24, 2.45) is 0 Å². The van der Waals surface area contributed by atoms with Crippen molar-refractivity contribution in [1.82, 2.24) is 19.5 Å². The number of benzene rings is 9. The van der Waals surface area contributed by atoms with Gasteiger partial charge in [-0.05, 0) is 6.92 Å². The normalized spacial score (nSPS) is 11.6. The second-order valence-electron chi connectivity index (χ2n) is 16.1. The number of aryl methyl sites for hydroxylation is 1. The predicted molar refractivity (Wildman–Crippen MR) is 264 cm³/mol. The average Bonchev–Trinajstić information content (AvgIpc) is 3.69. The molecule has 11 aromatic rings. The van der Waals surface area contributed by atoms with Crippen LogP contribution < -0.4 is 17.6 Å². The fraction of sp³-hybridized carbons (Fsp3) is 0.0172. The van der Waals surface area contributed by atoms with E-state index in [0.717, 1.165) is 44.5 Å². The molecule has 2 aromatic heterocycles. The van der Waals surface area contributed by atoms with Crippen LogP contribution in [-0.2, 0) is 0 Å². The molecule has 0 aliphatic heterocycles. The van der Waals surface area contributed by atoms with Crippen LogP contribution in [0.15, 0.2) is 237 Å². The molecule has 0 atom stereocenters. The van der Waals surface area contributed by atoms with Crippen LogP contribution in [0.4, 0.5) is 0 Å². The summed E-state index contributed by atoms with van der Waals surface area (Å²) in [4.78, 5) is 15.7. The van der Waals surface area contributed by atoms with Crippen LogP contribution in [0.1, 0.15) is 5.56 Å². The van der Waals surface area contributed by atoms with Crippen LogP contribution in [0.2, 0.25) is 0 Å². The Morgan fingerprint density at radius 2 is 0.778 bits per heavy atom. The molecule has 0 saturated carbocycles. The van der Waals surface area contributed by atoms with E-state index in [1.807, 2.05) is 36.4 Å². The van der Waals surface area contributed by atoms with Crippen molar-refractivity contribution in [2.75, 3.05) is 0 Å². The van der Waals surface area contributed by atoms with Gasteiger partial charge in [-0.3, -0.25) is 0 Å². The van der Waals surface area contributed by atoms with Crippen molar-refractivity contribution in [2.45, 2.75) is 6.92 Å². The van der Waals surface area contributed by atoms with Gasteiger partial charge in [-0.15, -0.1) is 0 Å². The van der Waals surface area contributed by atoms with E-state index in [4.69, 9.17) is 15.0 Å². The minimum absolute atomic E-state index is 0.612. The molecule has 2 heterocycles. The zero-order chi connectivity index (χ0) is 42.2. The van der Waals surface area contributed by atoms with Crippen molar-refractivity contribution in [3.05, 3.63) is 242 Å². The summed E-state index contributed by atoms with van der Waals surface area (Å²) in [5.74, 6) is 1.87. The summed E-state index contributed by atoms with van der Waals surface area (Å²) < 4.78 is 7.94. The minimum atomic E-state index is -3.45. The molecular formula is C58H42GeN4.